The van der Waals surface area contributed by atoms with Gasteiger partial charge in [-0.15, -0.1) is 0 Å². The summed E-state index contributed by atoms with van der Waals surface area (Å²) >= 11 is 0. The van der Waals surface area contributed by atoms with Crippen molar-refractivity contribution >= 4 is 17.7 Å². The summed E-state index contributed by atoms with van der Waals surface area (Å²) < 4.78 is 4.52. The van der Waals surface area contributed by atoms with Gasteiger partial charge in [0.15, 0.2) is 0 Å². The van der Waals surface area contributed by atoms with Crippen molar-refractivity contribution in [2.24, 2.45) is 0 Å². The molecular formula is C11H13NO4. The first kappa shape index (κ1) is 12.0. The minimum atomic E-state index is -1.09. The molecule has 0 aliphatic rings. The number of aryl methyl sites for hydroxylation is 1. The number of aliphatic carboxylic acids is 1. The number of rotatable bonds is 3. The highest BCUT2D eigenvalue weighted by Gasteiger charge is 2.18. The summed E-state index contributed by atoms with van der Waals surface area (Å²) in [6, 6.07) is 6.95. The number of benzene rings is 1. The van der Waals surface area contributed by atoms with Crippen LogP contribution < -0.4 is 4.90 Å². The Morgan fingerprint density at radius 2 is 1.88 bits per heavy atom. The van der Waals surface area contributed by atoms with E-state index >= 15 is 0 Å². The monoisotopic (exact) mass is 223 g/mol. The summed E-state index contributed by atoms with van der Waals surface area (Å²) in [6.07, 6.45) is -0.689. The van der Waals surface area contributed by atoms with Crippen LogP contribution in [0, 0.1) is 6.92 Å². The van der Waals surface area contributed by atoms with E-state index in [0.717, 1.165) is 10.5 Å². The normalized spacial score (nSPS) is 9.62. The quantitative estimate of drug-likeness (QED) is 0.846. The molecule has 0 aliphatic heterocycles. The van der Waals surface area contributed by atoms with Gasteiger partial charge >= 0.3 is 12.1 Å². The molecule has 0 radical (unpaired) electrons. The number of carbonyl (C=O) groups is 2. The van der Waals surface area contributed by atoms with Crippen LogP contribution in [0.15, 0.2) is 24.3 Å². The van der Waals surface area contributed by atoms with Gasteiger partial charge in [-0.1, -0.05) is 17.7 Å². The standard InChI is InChI=1S/C11H13NO4/c1-8-3-5-9(6-4-8)12(7-10(13)14)11(15)16-2/h3-6H,7H2,1-2H3,(H,13,14). The van der Waals surface area contributed by atoms with Crippen molar-refractivity contribution in [3.63, 3.8) is 0 Å². The van der Waals surface area contributed by atoms with Gasteiger partial charge in [0.1, 0.15) is 6.54 Å². The number of nitrogens with zero attached hydrogens (tertiary/aromatic N) is 1. The van der Waals surface area contributed by atoms with Crippen molar-refractivity contribution in [2.45, 2.75) is 6.92 Å². The average molecular weight is 223 g/mol. The van der Waals surface area contributed by atoms with Crippen LogP contribution in [0.5, 0.6) is 0 Å². The first-order chi connectivity index (χ1) is 7.54. The van der Waals surface area contributed by atoms with Crippen LogP contribution in [0.4, 0.5) is 10.5 Å². The summed E-state index contributed by atoms with van der Waals surface area (Å²) in [5.41, 5.74) is 1.53. The molecule has 0 aromatic heterocycles. The van der Waals surface area contributed by atoms with E-state index in [-0.39, 0.29) is 0 Å². The largest absolute Gasteiger partial charge is 0.480 e. The zero-order chi connectivity index (χ0) is 12.1. The molecular weight excluding hydrogens is 210 g/mol. The van der Waals surface area contributed by atoms with Gasteiger partial charge in [0.25, 0.3) is 0 Å². The Bertz CT molecular complexity index is 385. The van der Waals surface area contributed by atoms with E-state index in [4.69, 9.17) is 5.11 Å². The number of carbonyl (C=O) groups excluding carboxylic acids is 1. The van der Waals surface area contributed by atoms with Gasteiger partial charge in [-0.3, -0.25) is 9.69 Å². The van der Waals surface area contributed by atoms with Crippen LogP contribution >= 0.6 is 0 Å². The van der Waals surface area contributed by atoms with Crippen molar-refractivity contribution in [2.75, 3.05) is 18.6 Å². The Morgan fingerprint density at radius 1 is 1.31 bits per heavy atom. The molecule has 0 bridgehead atoms. The Balaban J connectivity index is 2.96. The average Bonchev–Trinajstić information content (AvgIpc) is 2.26. The van der Waals surface area contributed by atoms with Crippen LogP contribution in [0.3, 0.4) is 0 Å². The van der Waals surface area contributed by atoms with E-state index in [1.807, 2.05) is 6.92 Å². The van der Waals surface area contributed by atoms with Gasteiger partial charge in [-0.2, -0.15) is 0 Å². The van der Waals surface area contributed by atoms with Gasteiger partial charge in [-0.25, -0.2) is 4.79 Å². The van der Waals surface area contributed by atoms with Gasteiger partial charge in [-0.05, 0) is 19.1 Å². The fourth-order valence-electron chi connectivity index (χ4n) is 1.23. The van der Waals surface area contributed by atoms with E-state index in [1.165, 1.54) is 7.11 Å². The number of anilines is 1. The van der Waals surface area contributed by atoms with Crippen molar-refractivity contribution < 1.29 is 19.4 Å². The molecule has 1 rings (SSSR count). The van der Waals surface area contributed by atoms with Crippen molar-refractivity contribution in [3.05, 3.63) is 29.8 Å². The lowest BCUT2D eigenvalue weighted by Crippen LogP contribution is -2.35. The first-order valence-electron chi connectivity index (χ1n) is 4.68. The fourth-order valence-corrected chi connectivity index (χ4v) is 1.23. The highest BCUT2D eigenvalue weighted by Crippen LogP contribution is 2.15. The van der Waals surface area contributed by atoms with Gasteiger partial charge < -0.3 is 9.84 Å². The molecule has 0 atom stereocenters. The number of carboxylic acids is 1. The Morgan fingerprint density at radius 3 is 2.31 bits per heavy atom. The van der Waals surface area contributed by atoms with Crippen molar-refractivity contribution in [1.29, 1.82) is 0 Å². The molecule has 0 aliphatic carbocycles. The topological polar surface area (TPSA) is 66.8 Å². The van der Waals surface area contributed by atoms with E-state index in [1.54, 1.807) is 24.3 Å². The minimum Gasteiger partial charge on any atom is -0.480 e. The van der Waals surface area contributed by atoms with Crippen LogP contribution in [0.2, 0.25) is 0 Å². The fraction of sp³-hybridized carbons (Fsp3) is 0.273. The lowest BCUT2D eigenvalue weighted by Gasteiger charge is -2.19. The number of hydrogen-bond acceptors (Lipinski definition) is 3. The van der Waals surface area contributed by atoms with Gasteiger partial charge in [0.05, 0.1) is 7.11 Å². The van der Waals surface area contributed by atoms with E-state index in [0.29, 0.717) is 5.69 Å². The molecule has 86 valence electrons. The van der Waals surface area contributed by atoms with Crippen molar-refractivity contribution in [1.82, 2.24) is 0 Å². The minimum absolute atomic E-state index is 0.421. The summed E-state index contributed by atoms with van der Waals surface area (Å²) in [5, 5.41) is 8.69. The van der Waals surface area contributed by atoms with Gasteiger partial charge in [0, 0.05) is 5.69 Å². The highest BCUT2D eigenvalue weighted by molar-refractivity contribution is 5.92. The highest BCUT2D eigenvalue weighted by atomic mass is 16.5. The lowest BCUT2D eigenvalue weighted by molar-refractivity contribution is -0.135. The predicted octanol–water partition coefficient (Wildman–Crippen LogP) is 1.65. The summed E-state index contributed by atoms with van der Waals surface area (Å²) in [7, 11) is 1.21. The van der Waals surface area contributed by atoms with Crippen LogP contribution in [-0.4, -0.2) is 30.8 Å². The number of methoxy groups -OCH3 is 1. The number of carboxylic acid groups (broad SMARTS) is 1. The number of hydrogen-bond donors (Lipinski definition) is 1. The molecule has 0 unspecified atom stereocenters. The molecule has 0 fully saturated rings. The third-order valence-corrected chi connectivity index (χ3v) is 2.03. The third-order valence-electron chi connectivity index (χ3n) is 2.03. The van der Waals surface area contributed by atoms with E-state index in [9.17, 15) is 9.59 Å². The summed E-state index contributed by atoms with van der Waals surface area (Å²) in [5.74, 6) is -1.09. The molecule has 1 N–H and O–H groups in total. The lowest BCUT2D eigenvalue weighted by atomic mass is 10.2. The van der Waals surface area contributed by atoms with E-state index in [2.05, 4.69) is 4.74 Å². The maximum atomic E-state index is 11.4. The molecule has 1 amide bonds. The van der Waals surface area contributed by atoms with Crippen LogP contribution in [0.25, 0.3) is 0 Å². The molecule has 16 heavy (non-hydrogen) atoms. The third kappa shape index (κ3) is 2.98. The molecule has 1 aromatic rings. The first-order valence-corrected chi connectivity index (χ1v) is 4.68. The van der Waals surface area contributed by atoms with Crippen LogP contribution in [0.1, 0.15) is 5.56 Å². The Hall–Kier alpha value is -2.04. The molecule has 0 spiro atoms. The zero-order valence-electron chi connectivity index (χ0n) is 9.14. The maximum Gasteiger partial charge on any atom is 0.414 e. The SMILES string of the molecule is COC(=O)N(CC(=O)O)c1ccc(C)cc1. The maximum absolute atomic E-state index is 11.4. The molecule has 1 aromatic carbocycles. The van der Waals surface area contributed by atoms with E-state index < -0.39 is 18.6 Å². The van der Waals surface area contributed by atoms with Gasteiger partial charge in [0.2, 0.25) is 0 Å². The summed E-state index contributed by atoms with van der Waals surface area (Å²) in [4.78, 5) is 23.1. The number of amides is 1. The summed E-state index contributed by atoms with van der Waals surface area (Å²) in [6.45, 7) is 1.49. The predicted molar refractivity (Wildman–Crippen MR) is 58.6 cm³/mol. The number of ether oxygens (including phenoxy) is 1. The second-order valence-electron chi connectivity index (χ2n) is 3.29. The zero-order valence-corrected chi connectivity index (χ0v) is 9.14. The molecule has 5 nitrogen and oxygen atoms in total. The second kappa shape index (κ2) is 5.16. The molecule has 0 saturated heterocycles. The second-order valence-corrected chi connectivity index (χ2v) is 3.29. The molecule has 0 saturated carbocycles. The Kier molecular flexibility index (Phi) is 3.88. The Labute approximate surface area is 93.2 Å². The molecule has 0 heterocycles. The van der Waals surface area contributed by atoms with Crippen LogP contribution in [-0.2, 0) is 9.53 Å². The smallest absolute Gasteiger partial charge is 0.414 e. The van der Waals surface area contributed by atoms with Crippen molar-refractivity contribution in [3.8, 4) is 0 Å². The molecule has 5 heteroatoms.